The molecule has 2 aromatic carbocycles. The maximum atomic E-state index is 12.5. The van der Waals surface area contributed by atoms with Crippen LogP contribution in [-0.4, -0.2) is 23.0 Å². The molecule has 3 rings (SSSR count). The molecule has 1 heterocycles. The molecule has 0 aliphatic rings. The van der Waals surface area contributed by atoms with Crippen LogP contribution in [0.4, 0.5) is 17.2 Å². The molecule has 0 aliphatic carbocycles. The Morgan fingerprint density at radius 3 is 2.46 bits per heavy atom. The Kier molecular flexibility index (Phi) is 5.12. The minimum absolute atomic E-state index is 0.280. The van der Waals surface area contributed by atoms with Crippen molar-refractivity contribution in [2.24, 2.45) is 0 Å². The number of hydrogen-bond donors (Lipinski definition) is 2. The zero-order chi connectivity index (χ0) is 18.5. The number of nitrogens with one attached hydrogen (secondary N) is 2. The maximum absolute atomic E-state index is 12.5. The number of aromatic nitrogens is 2. The summed E-state index contributed by atoms with van der Waals surface area (Å²) in [6, 6.07) is 14.9. The third-order valence-electron chi connectivity index (χ3n) is 3.89. The van der Waals surface area contributed by atoms with Crippen molar-refractivity contribution in [1.82, 2.24) is 9.97 Å². The van der Waals surface area contributed by atoms with Gasteiger partial charge in [-0.15, -0.1) is 0 Å². The van der Waals surface area contributed by atoms with E-state index in [0.717, 1.165) is 28.3 Å². The lowest BCUT2D eigenvalue weighted by atomic mass is 10.1. The number of rotatable bonds is 5. The van der Waals surface area contributed by atoms with Crippen molar-refractivity contribution in [2.75, 3.05) is 17.7 Å². The summed E-state index contributed by atoms with van der Waals surface area (Å²) in [5.74, 6) is 1.03. The smallest absolute Gasteiger partial charge is 0.274 e. The molecule has 6 heteroatoms. The van der Waals surface area contributed by atoms with Crippen molar-refractivity contribution in [2.45, 2.75) is 13.8 Å². The number of carbonyl (C=O) groups is 1. The molecule has 0 unspecified atom stereocenters. The van der Waals surface area contributed by atoms with E-state index in [1.807, 2.05) is 56.3 Å². The van der Waals surface area contributed by atoms with E-state index in [0.29, 0.717) is 5.82 Å². The summed E-state index contributed by atoms with van der Waals surface area (Å²) in [5, 5.41) is 6.03. The second-order valence-corrected chi connectivity index (χ2v) is 5.91. The van der Waals surface area contributed by atoms with Crippen LogP contribution in [0.2, 0.25) is 0 Å². The first-order valence-corrected chi connectivity index (χ1v) is 8.17. The van der Waals surface area contributed by atoms with Crippen molar-refractivity contribution in [3.8, 4) is 5.75 Å². The fourth-order valence-corrected chi connectivity index (χ4v) is 2.51. The van der Waals surface area contributed by atoms with Crippen molar-refractivity contribution < 1.29 is 9.53 Å². The molecule has 1 aromatic heterocycles. The minimum Gasteiger partial charge on any atom is -0.497 e. The lowest BCUT2D eigenvalue weighted by molar-refractivity contribution is 0.102. The predicted molar refractivity (Wildman–Crippen MR) is 102 cm³/mol. The number of amides is 1. The second-order valence-electron chi connectivity index (χ2n) is 5.91. The molecule has 0 saturated heterocycles. The van der Waals surface area contributed by atoms with E-state index in [2.05, 4.69) is 20.6 Å². The van der Waals surface area contributed by atoms with Gasteiger partial charge in [0.25, 0.3) is 5.91 Å². The summed E-state index contributed by atoms with van der Waals surface area (Å²) in [7, 11) is 1.62. The Hall–Kier alpha value is -3.41. The molecule has 0 radical (unpaired) electrons. The molecule has 1 amide bonds. The van der Waals surface area contributed by atoms with E-state index in [9.17, 15) is 4.79 Å². The molecule has 3 aromatic rings. The molecular weight excluding hydrogens is 328 g/mol. The Morgan fingerprint density at radius 2 is 1.77 bits per heavy atom. The van der Waals surface area contributed by atoms with Crippen molar-refractivity contribution in [3.05, 3.63) is 71.7 Å². The van der Waals surface area contributed by atoms with E-state index >= 15 is 0 Å². The first kappa shape index (κ1) is 17.4. The number of anilines is 3. The molecule has 26 heavy (non-hydrogen) atoms. The van der Waals surface area contributed by atoms with Crippen LogP contribution in [0.15, 0.2) is 54.9 Å². The maximum Gasteiger partial charge on any atom is 0.274 e. The van der Waals surface area contributed by atoms with E-state index < -0.39 is 0 Å². The summed E-state index contributed by atoms with van der Waals surface area (Å²) < 4.78 is 5.14. The third kappa shape index (κ3) is 4.16. The normalized spacial score (nSPS) is 10.3. The minimum atomic E-state index is -0.280. The van der Waals surface area contributed by atoms with Crippen LogP contribution in [0.3, 0.4) is 0 Å². The van der Waals surface area contributed by atoms with Crippen molar-refractivity contribution in [1.29, 1.82) is 0 Å². The summed E-state index contributed by atoms with van der Waals surface area (Å²) in [6.45, 7) is 3.97. The van der Waals surface area contributed by atoms with E-state index in [1.165, 1.54) is 6.33 Å². The van der Waals surface area contributed by atoms with Gasteiger partial charge in [-0.25, -0.2) is 9.97 Å². The largest absolute Gasteiger partial charge is 0.497 e. The molecule has 0 spiro atoms. The fraction of sp³-hybridized carbons (Fsp3) is 0.150. The standard InChI is InChI=1S/C20H20N4O2/c1-13-4-9-17(14(2)10-13)24-20(25)18-11-19(22-12-21-18)23-15-5-7-16(26-3)8-6-15/h4-12H,1-3H3,(H,24,25)(H,21,22,23). The quantitative estimate of drug-likeness (QED) is 0.726. The number of benzene rings is 2. The van der Waals surface area contributed by atoms with Gasteiger partial charge in [0.05, 0.1) is 7.11 Å². The predicted octanol–water partition coefficient (Wildman–Crippen LogP) is 4.10. The Morgan fingerprint density at radius 1 is 1.00 bits per heavy atom. The van der Waals surface area contributed by atoms with Crippen LogP contribution in [0, 0.1) is 13.8 Å². The first-order valence-electron chi connectivity index (χ1n) is 8.17. The number of hydrogen-bond acceptors (Lipinski definition) is 5. The molecule has 0 saturated carbocycles. The van der Waals surface area contributed by atoms with Crippen LogP contribution < -0.4 is 15.4 Å². The van der Waals surface area contributed by atoms with Gasteiger partial charge in [0.1, 0.15) is 23.6 Å². The monoisotopic (exact) mass is 348 g/mol. The SMILES string of the molecule is COc1ccc(Nc2cc(C(=O)Nc3ccc(C)cc3C)ncn2)cc1. The lowest BCUT2D eigenvalue weighted by Crippen LogP contribution is -2.15. The second kappa shape index (κ2) is 7.65. The summed E-state index contributed by atoms with van der Waals surface area (Å²) in [6.07, 6.45) is 1.36. The Bertz CT molecular complexity index is 923. The van der Waals surface area contributed by atoms with Gasteiger partial charge in [-0.1, -0.05) is 17.7 Å². The molecule has 6 nitrogen and oxygen atoms in total. The van der Waals surface area contributed by atoms with Crippen molar-refractivity contribution in [3.63, 3.8) is 0 Å². The van der Waals surface area contributed by atoms with Crippen LogP contribution >= 0.6 is 0 Å². The average molecular weight is 348 g/mol. The van der Waals surface area contributed by atoms with Gasteiger partial charge in [-0.3, -0.25) is 4.79 Å². The van der Waals surface area contributed by atoms with Gasteiger partial charge in [0, 0.05) is 17.4 Å². The highest BCUT2D eigenvalue weighted by Crippen LogP contribution is 2.20. The number of carbonyl (C=O) groups excluding carboxylic acids is 1. The highest BCUT2D eigenvalue weighted by molar-refractivity contribution is 6.03. The number of ether oxygens (including phenoxy) is 1. The molecule has 0 bridgehead atoms. The zero-order valence-electron chi connectivity index (χ0n) is 14.9. The first-order chi connectivity index (χ1) is 12.5. The number of nitrogens with zero attached hydrogens (tertiary/aromatic N) is 2. The van der Waals surface area contributed by atoms with E-state index in [4.69, 9.17) is 4.74 Å². The zero-order valence-corrected chi connectivity index (χ0v) is 14.9. The Balaban J connectivity index is 1.74. The van der Waals surface area contributed by atoms with Crippen molar-refractivity contribution >= 4 is 23.1 Å². The summed E-state index contributed by atoms with van der Waals surface area (Å²) in [5.41, 5.74) is 4.04. The third-order valence-corrected chi connectivity index (χ3v) is 3.89. The van der Waals surface area contributed by atoms with Crippen LogP contribution in [-0.2, 0) is 0 Å². The van der Waals surface area contributed by atoms with Crippen LogP contribution in [0.5, 0.6) is 5.75 Å². The van der Waals surface area contributed by atoms with E-state index in [-0.39, 0.29) is 11.6 Å². The number of methoxy groups -OCH3 is 1. The molecule has 0 atom stereocenters. The highest BCUT2D eigenvalue weighted by atomic mass is 16.5. The lowest BCUT2D eigenvalue weighted by Gasteiger charge is -2.10. The van der Waals surface area contributed by atoms with Gasteiger partial charge >= 0.3 is 0 Å². The molecular formula is C20H20N4O2. The van der Waals surface area contributed by atoms with E-state index in [1.54, 1.807) is 13.2 Å². The van der Waals surface area contributed by atoms with Gasteiger partial charge < -0.3 is 15.4 Å². The molecule has 0 aliphatic heterocycles. The van der Waals surface area contributed by atoms with Crippen LogP contribution in [0.1, 0.15) is 21.6 Å². The Labute approximate surface area is 152 Å². The number of aryl methyl sites for hydroxylation is 2. The highest BCUT2D eigenvalue weighted by Gasteiger charge is 2.11. The fourth-order valence-electron chi connectivity index (χ4n) is 2.51. The van der Waals surface area contributed by atoms with Gasteiger partial charge in [-0.2, -0.15) is 0 Å². The molecule has 0 fully saturated rings. The summed E-state index contributed by atoms with van der Waals surface area (Å²) >= 11 is 0. The molecule has 132 valence electrons. The molecule has 2 N–H and O–H groups in total. The van der Waals surface area contributed by atoms with Gasteiger partial charge in [-0.05, 0) is 49.7 Å². The average Bonchev–Trinajstić information content (AvgIpc) is 2.65. The van der Waals surface area contributed by atoms with Gasteiger partial charge in [0.15, 0.2) is 0 Å². The topological polar surface area (TPSA) is 76.1 Å². The summed E-state index contributed by atoms with van der Waals surface area (Å²) in [4.78, 5) is 20.7. The van der Waals surface area contributed by atoms with Crippen LogP contribution in [0.25, 0.3) is 0 Å². The van der Waals surface area contributed by atoms with Gasteiger partial charge in [0.2, 0.25) is 0 Å².